The standard InChI is InChI=1S/C25H29ClF2N4O7P2/c1-32(24(34)30-12-16-4-3-5-21(28)23(16)26)19(10-20(33)14-39-41(36,40)37-2)13-38-25(35)31-22-9-17-8-18(27)7-6-15(17)11-29-22/h3-9,11,19-20,33,36,40H,10,12-14H2,1-2H3,(H,30,34)(H,29,31,35)/t19-,20?,41?/m0/s1. The highest BCUT2D eigenvalue weighted by molar-refractivity contribution is 7.88. The van der Waals surface area contributed by atoms with E-state index in [4.69, 9.17) is 25.4 Å². The molecule has 222 valence electrons. The summed E-state index contributed by atoms with van der Waals surface area (Å²) in [5.74, 6) is -0.978. The number of pyridine rings is 1. The van der Waals surface area contributed by atoms with Gasteiger partial charge >= 0.3 is 12.1 Å². The molecule has 1 aromatic heterocycles. The Morgan fingerprint density at radius 2 is 1.95 bits per heavy atom. The predicted octanol–water partition coefficient (Wildman–Crippen LogP) is 5.15. The van der Waals surface area contributed by atoms with Gasteiger partial charge in [0.2, 0.25) is 0 Å². The highest BCUT2D eigenvalue weighted by Crippen LogP contribution is 2.48. The molecule has 0 spiro atoms. The second kappa shape index (κ2) is 14.8. The van der Waals surface area contributed by atoms with Crippen LogP contribution < -0.4 is 10.6 Å². The van der Waals surface area contributed by atoms with E-state index in [-0.39, 0.29) is 37.0 Å². The molecule has 0 fully saturated rings. The summed E-state index contributed by atoms with van der Waals surface area (Å²) in [5, 5.41) is 16.6. The van der Waals surface area contributed by atoms with Crippen molar-refractivity contribution in [1.82, 2.24) is 15.2 Å². The van der Waals surface area contributed by atoms with E-state index in [9.17, 15) is 28.4 Å². The third-order valence-electron chi connectivity index (χ3n) is 5.88. The Morgan fingerprint density at radius 3 is 2.68 bits per heavy atom. The van der Waals surface area contributed by atoms with Crippen LogP contribution in [-0.2, 0) is 20.3 Å². The van der Waals surface area contributed by atoms with E-state index in [1.165, 1.54) is 55.6 Å². The van der Waals surface area contributed by atoms with Crippen LogP contribution >= 0.6 is 27.4 Å². The number of rotatable bonds is 12. The summed E-state index contributed by atoms with van der Waals surface area (Å²) in [6.45, 7) is -0.827. The van der Waals surface area contributed by atoms with E-state index in [0.29, 0.717) is 16.3 Å². The van der Waals surface area contributed by atoms with Crippen LogP contribution in [0.4, 0.5) is 24.2 Å². The van der Waals surface area contributed by atoms with Gasteiger partial charge in [-0.25, -0.2) is 23.4 Å². The largest absolute Gasteiger partial charge is 0.447 e. The normalized spacial score (nSPS) is 14.1. The summed E-state index contributed by atoms with van der Waals surface area (Å²) in [6, 6.07) is 8.27. The maximum absolute atomic E-state index is 13.7. The average molecular weight is 633 g/mol. The molecule has 0 saturated heterocycles. The third kappa shape index (κ3) is 9.86. The summed E-state index contributed by atoms with van der Waals surface area (Å²) in [7, 11) is 2.23. The van der Waals surface area contributed by atoms with E-state index in [1.807, 2.05) is 0 Å². The number of aliphatic hydroxyl groups excluding tert-OH is 1. The number of carbonyl (C=O) groups is 2. The first-order valence-corrected chi connectivity index (χ1v) is 15.4. The first kappa shape index (κ1) is 32.6. The monoisotopic (exact) mass is 632 g/mol. The van der Waals surface area contributed by atoms with Crippen molar-refractivity contribution in [2.45, 2.75) is 25.1 Å². The molecule has 11 nitrogen and oxygen atoms in total. The van der Waals surface area contributed by atoms with Gasteiger partial charge in [-0.3, -0.25) is 5.32 Å². The fourth-order valence-corrected chi connectivity index (χ4v) is 4.49. The van der Waals surface area contributed by atoms with Gasteiger partial charge in [-0.05, 0) is 56.2 Å². The summed E-state index contributed by atoms with van der Waals surface area (Å²) in [5.41, 5.74) is 0.344. The fraction of sp³-hybridized carbons (Fsp3) is 0.320. The van der Waals surface area contributed by atoms with Gasteiger partial charge in [0, 0.05) is 32.3 Å². The molecule has 16 heteroatoms. The number of nitrogens with one attached hydrogen (secondary N) is 2. The van der Waals surface area contributed by atoms with Crippen LogP contribution in [0, 0.1) is 11.6 Å². The molecule has 2 aromatic carbocycles. The lowest BCUT2D eigenvalue weighted by Gasteiger charge is -2.30. The predicted molar refractivity (Wildman–Crippen MR) is 153 cm³/mol. The minimum Gasteiger partial charge on any atom is -0.447 e. The molecule has 1 heterocycles. The van der Waals surface area contributed by atoms with Crippen molar-refractivity contribution in [1.29, 1.82) is 0 Å². The second-order valence-electron chi connectivity index (χ2n) is 8.81. The Hall–Kier alpha value is -2.89. The molecule has 0 saturated carbocycles. The van der Waals surface area contributed by atoms with Crippen LogP contribution in [0.5, 0.6) is 0 Å². The molecule has 4 N–H and O–H groups in total. The van der Waals surface area contributed by atoms with E-state index >= 15 is 0 Å². The van der Waals surface area contributed by atoms with E-state index in [1.54, 1.807) is 12.1 Å². The molecular formula is C25H29ClF2N4O7P2. The number of urea groups is 1. The second-order valence-corrected chi connectivity index (χ2v) is 12.5. The van der Waals surface area contributed by atoms with Gasteiger partial charge in [0.05, 0.1) is 23.8 Å². The lowest BCUT2D eigenvalue weighted by Crippen LogP contribution is -2.47. The number of hydrogen-bond donors (Lipinski definition) is 4. The van der Waals surface area contributed by atoms with Crippen molar-refractivity contribution >= 4 is 56.1 Å². The first-order chi connectivity index (χ1) is 19.4. The SMILES string of the molecule is COP(O)(=P)OCC(O)C[C@@H](COC(=O)Nc1cc2cc(F)ccc2cn1)N(C)C(=O)NCc1cccc(F)c1Cl. The Balaban J connectivity index is 1.66. The number of halogens is 3. The summed E-state index contributed by atoms with van der Waals surface area (Å²) in [4.78, 5) is 40.6. The zero-order chi connectivity index (χ0) is 30.2. The Kier molecular flexibility index (Phi) is 11.8. The van der Waals surface area contributed by atoms with Crippen LogP contribution in [0.1, 0.15) is 12.0 Å². The van der Waals surface area contributed by atoms with Crippen molar-refractivity contribution in [3.63, 3.8) is 0 Å². The zero-order valence-electron chi connectivity index (χ0n) is 22.0. The minimum atomic E-state index is -3.32. The number of hydrogen-bond acceptors (Lipinski definition) is 7. The van der Waals surface area contributed by atoms with Crippen LogP contribution in [0.25, 0.3) is 10.8 Å². The molecule has 0 radical (unpaired) electrons. The third-order valence-corrected chi connectivity index (χ3v) is 8.24. The minimum absolute atomic E-state index is 0.0948. The number of benzene rings is 2. The van der Waals surface area contributed by atoms with Gasteiger partial charge in [-0.1, -0.05) is 23.7 Å². The molecule has 3 aromatic rings. The maximum atomic E-state index is 13.7. The zero-order valence-corrected chi connectivity index (χ0v) is 24.7. The molecule has 3 atom stereocenters. The topological polar surface area (TPSA) is 142 Å². The maximum Gasteiger partial charge on any atom is 0.412 e. The van der Waals surface area contributed by atoms with E-state index in [0.717, 1.165) is 0 Å². The first-order valence-electron chi connectivity index (χ1n) is 12.1. The number of ether oxygens (including phenoxy) is 1. The molecular weight excluding hydrogens is 604 g/mol. The molecule has 0 bridgehead atoms. The quantitative estimate of drug-likeness (QED) is 0.201. The molecule has 3 amide bonds. The van der Waals surface area contributed by atoms with Crippen molar-refractivity contribution in [3.05, 3.63) is 70.9 Å². The smallest absolute Gasteiger partial charge is 0.412 e. The number of likely N-dealkylation sites (N-methyl/N-ethyl adjacent to an activating group) is 1. The number of aliphatic hydroxyl groups is 1. The number of anilines is 1. The number of carbonyl (C=O) groups excluding carboxylic acids is 2. The van der Waals surface area contributed by atoms with Gasteiger partial charge in [0.25, 0.3) is 7.23 Å². The van der Waals surface area contributed by atoms with Gasteiger partial charge in [0.1, 0.15) is 24.1 Å². The summed E-state index contributed by atoms with van der Waals surface area (Å²) < 4.78 is 42.5. The molecule has 0 aliphatic heterocycles. The summed E-state index contributed by atoms with van der Waals surface area (Å²) in [6.07, 6.45) is -0.805. The van der Waals surface area contributed by atoms with Gasteiger partial charge in [-0.2, -0.15) is 0 Å². The molecule has 0 aliphatic rings. The molecule has 3 rings (SSSR count). The van der Waals surface area contributed by atoms with E-state index in [2.05, 4.69) is 24.1 Å². The Labute approximate surface area is 242 Å². The van der Waals surface area contributed by atoms with Crippen molar-refractivity contribution in [3.8, 4) is 0 Å². The molecule has 0 aliphatic carbocycles. The highest BCUT2D eigenvalue weighted by Gasteiger charge is 2.26. The van der Waals surface area contributed by atoms with Crippen LogP contribution in [0.3, 0.4) is 0 Å². The molecule has 2 unspecified atom stereocenters. The van der Waals surface area contributed by atoms with Crippen LogP contribution in [0.2, 0.25) is 5.02 Å². The Bertz CT molecular complexity index is 1440. The highest BCUT2D eigenvalue weighted by atomic mass is 35.5. The average Bonchev–Trinajstić information content (AvgIpc) is 2.94. The number of amides is 3. The van der Waals surface area contributed by atoms with Crippen molar-refractivity contribution in [2.24, 2.45) is 0 Å². The lowest BCUT2D eigenvalue weighted by atomic mass is 10.1. The van der Waals surface area contributed by atoms with Crippen molar-refractivity contribution in [2.75, 3.05) is 32.7 Å². The van der Waals surface area contributed by atoms with Gasteiger partial charge in [0.15, 0.2) is 0 Å². The lowest BCUT2D eigenvalue weighted by molar-refractivity contribution is 0.0494. The fourth-order valence-electron chi connectivity index (χ4n) is 3.60. The molecule has 41 heavy (non-hydrogen) atoms. The van der Waals surface area contributed by atoms with Gasteiger partial charge in [-0.15, -0.1) is 0 Å². The number of fused-ring (bicyclic) bond motifs is 1. The van der Waals surface area contributed by atoms with Gasteiger partial charge < -0.3 is 34.0 Å². The Morgan fingerprint density at radius 1 is 1.20 bits per heavy atom. The van der Waals surface area contributed by atoms with E-state index < -0.39 is 43.1 Å². The van der Waals surface area contributed by atoms with Crippen molar-refractivity contribution < 1.29 is 42.2 Å². The van der Waals surface area contributed by atoms with Crippen LogP contribution in [-0.4, -0.2) is 71.5 Å². The number of nitrogens with zero attached hydrogens (tertiary/aromatic N) is 2. The number of aromatic nitrogens is 1. The summed E-state index contributed by atoms with van der Waals surface area (Å²) >= 11 is 5.96. The van der Waals surface area contributed by atoms with Crippen LogP contribution in [0.15, 0.2) is 48.7 Å².